The lowest BCUT2D eigenvalue weighted by atomic mass is 10.0. The van der Waals surface area contributed by atoms with E-state index in [-0.39, 0.29) is 11.8 Å². The van der Waals surface area contributed by atoms with E-state index in [1.54, 1.807) is 17.9 Å². The summed E-state index contributed by atoms with van der Waals surface area (Å²) in [4.78, 5) is 24.7. The number of carboxylic acid groups (broad SMARTS) is 1. The van der Waals surface area contributed by atoms with Crippen molar-refractivity contribution in [3.8, 4) is 0 Å². The van der Waals surface area contributed by atoms with Gasteiger partial charge in [-0.1, -0.05) is 13.0 Å². The van der Waals surface area contributed by atoms with Crippen molar-refractivity contribution in [3.63, 3.8) is 0 Å². The van der Waals surface area contributed by atoms with Crippen LogP contribution in [0, 0.1) is 5.92 Å². The van der Waals surface area contributed by atoms with Gasteiger partial charge in [-0.05, 0) is 19.3 Å². The molecule has 0 saturated carbocycles. The molecule has 0 aromatic rings. The van der Waals surface area contributed by atoms with Gasteiger partial charge in [0.05, 0.1) is 6.04 Å². The predicted molar refractivity (Wildman–Crippen MR) is 64.6 cm³/mol. The number of hydrogen-bond acceptors (Lipinski definition) is 3. The standard InChI is InChI=1S/C12H20N2O3/c1-4-6-13-11(15)9(3)14-7-5-8(2)10(14)12(16)17/h4,8-10H,1,5-7H2,2-3H3,(H,13,15)(H,16,17). The van der Waals surface area contributed by atoms with Gasteiger partial charge in [0.1, 0.15) is 6.04 Å². The third-order valence-corrected chi connectivity index (χ3v) is 3.29. The minimum absolute atomic E-state index is 0.0853. The molecule has 2 N–H and O–H groups in total. The molecule has 0 aromatic carbocycles. The molecule has 1 aliphatic heterocycles. The fourth-order valence-electron chi connectivity index (χ4n) is 2.27. The van der Waals surface area contributed by atoms with Crippen LogP contribution in [0.3, 0.4) is 0 Å². The number of carbonyl (C=O) groups is 2. The summed E-state index contributed by atoms with van der Waals surface area (Å²) in [6.45, 7) is 8.24. The smallest absolute Gasteiger partial charge is 0.321 e. The van der Waals surface area contributed by atoms with Crippen LogP contribution in [0.4, 0.5) is 0 Å². The number of nitrogens with one attached hydrogen (secondary N) is 1. The van der Waals surface area contributed by atoms with Gasteiger partial charge in [-0.25, -0.2) is 0 Å². The fourth-order valence-corrected chi connectivity index (χ4v) is 2.27. The Morgan fingerprint density at radius 1 is 1.65 bits per heavy atom. The number of hydrogen-bond donors (Lipinski definition) is 2. The second-order valence-electron chi connectivity index (χ2n) is 4.50. The molecule has 1 aliphatic rings. The largest absolute Gasteiger partial charge is 0.480 e. The molecular formula is C12H20N2O3. The van der Waals surface area contributed by atoms with Crippen LogP contribution in [0.25, 0.3) is 0 Å². The number of aliphatic carboxylic acids is 1. The van der Waals surface area contributed by atoms with Crippen molar-refractivity contribution in [2.45, 2.75) is 32.4 Å². The maximum absolute atomic E-state index is 11.8. The Kier molecular flexibility index (Phi) is 4.69. The third kappa shape index (κ3) is 3.06. The highest BCUT2D eigenvalue weighted by atomic mass is 16.4. The van der Waals surface area contributed by atoms with Crippen LogP contribution in [0.15, 0.2) is 12.7 Å². The molecule has 5 heteroatoms. The molecule has 0 aliphatic carbocycles. The number of carboxylic acids is 1. The highest BCUT2D eigenvalue weighted by Crippen LogP contribution is 2.26. The Labute approximate surface area is 101 Å². The first kappa shape index (κ1) is 13.7. The number of carbonyl (C=O) groups excluding carboxylic acids is 1. The van der Waals surface area contributed by atoms with Crippen molar-refractivity contribution in [3.05, 3.63) is 12.7 Å². The molecule has 96 valence electrons. The molecule has 1 fully saturated rings. The Morgan fingerprint density at radius 3 is 2.82 bits per heavy atom. The molecule has 5 nitrogen and oxygen atoms in total. The van der Waals surface area contributed by atoms with Crippen LogP contribution < -0.4 is 5.32 Å². The SMILES string of the molecule is C=CCNC(=O)C(C)N1CCC(C)C1C(=O)O. The summed E-state index contributed by atoms with van der Waals surface area (Å²) in [6, 6.07) is -0.972. The topological polar surface area (TPSA) is 69.6 Å². The molecule has 1 heterocycles. The lowest BCUT2D eigenvalue weighted by Gasteiger charge is -2.28. The van der Waals surface area contributed by atoms with Crippen LogP contribution >= 0.6 is 0 Å². The lowest BCUT2D eigenvalue weighted by molar-refractivity contribution is -0.145. The van der Waals surface area contributed by atoms with Gasteiger partial charge in [0.25, 0.3) is 0 Å². The summed E-state index contributed by atoms with van der Waals surface area (Å²) in [5.41, 5.74) is 0. The van der Waals surface area contributed by atoms with E-state index in [1.165, 1.54) is 0 Å². The van der Waals surface area contributed by atoms with Crippen molar-refractivity contribution < 1.29 is 14.7 Å². The van der Waals surface area contributed by atoms with Crippen LogP contribution in [0.1, 0.15) is 20.3 Å². The van der Waals surface area contributed by atoms with Crippen molar-refractivity contribution in [2.24, 2.45) is 5.92 Å². The molecule has 1 amide bonds. The number of amides is 1. The van der Waals surface area contributed by atoms with Crippen molar-refractivity contribution in [2.75, 3.05) is 13.1 Å². The van der Waals surface area contributed by atoms with Gasteiger partial charge in [0, 0.05) is 13.1 Å². The molecule has 0 bridgehead atoms. The fraction of sp³-hybridized carbons (Fsp3) is 0.667. The van der Waals surface area contributed by atoms with Gasteiger partial charge in [-0.3, -0.25) is 14.5 Å². The Morgan fingerprint density at radius 2 is 2.29 bits per heavy atom. The zero-order valence-corrected chi connectivity index (χ0v) is 10.3. The third-order valence-electron chi connectivity index (χ3n) is 3.29. The van der Waals surface area contributed by atoms with Gasteiger partial charge < -0.3 is 10.4 Å². The monoisotopic (exact) mass is 240 g/mol. The molecular weight excluding hydrogens is 220 g/mol. The van der Waals surface area contributed by atoms with Crippen molar-refractivity contribution in [1.29, 1.82) is 0 Å². The van der Waals surface area contributed by atoms with E-state index in [2.05, 4.69) is 11.9 Å². The lowest BCUT2D eigenvalue weighted by Crippen LogP contribution is -2.50. The first-order valence-corrected chi connectivity index (χ1v) is 5.86. The maximum Gasteiger partial charge on any atom is 0.321 e. The molecule has 17 heavy (non-hydrogen) atoms. The zero-order chi connectivity index (χ0) is 13.0. The first-order chi connectivity index (χ1) is 7.99. The molecule has 1 saturated heterocycles. The van der Waals surface area contributed by atoms with Crippen LogP contribution in [-0.2, 0) is 9.59 Å². The highest BCUT2D eigenvalue weighted by Gasteiger charge is 2.40. The van der Waals surface area contributed by atoms with Gasteiger partial charge in [-0.15, -0.1) is 6.58 Å². The average molecular weight is 240 g/mol. The number of rotatable bonds is 5. The van der Waals surface area contributed by atoms with E-state index < -0.39 is 18.1 Å². The Balaban J connectivity index is 2.67. The second-order valence-corrected chi connectivity index (χ2v) is 4.50. The first-order valence-electron chi connectivity index (χ1n) is 5.86. The highest BCUT2D eigenvalue weighted by molar-refractivity contribution is 5.83. The van der Waals surface area contributed by atoms with Crippen LogP contribution in [-0.4, -0.2) is 47.1 Å². The molecule has 0 spiro atoms. The van der Waals surface area contributed by atoms with E-state index in [4.69, 9.17) is 0 Å². The maximum atomic E-state index is 11.8. The van der Waals surface area contributed by atoms with Gasteiger partial charge in [-0.2, -0.15) is 0 Å². The number of nitrogens with zero attached hydrogens (tertiary/aromatic N) is 1. The predicted octanol–water partition coefficient (Wildman–Crippen LogP) is 0.472. The Hall–Kier alpha value is -1.36. The summed E-state index contributed by atoms with van der Waals surface area (Å²) in [5.74, 6) is -0.911. The molecule has 3 unspecified atom stereocenters. The second kappa shape index (κ2) is 5.82. The average Bonchev–Trinajstić information content (AvgIpc) is 2.66. The van der Waals surface area contributed by atoms with E-state index >= 15 is 0 Å². The van der Waals surface area contributed by atoms with Gasteiger partial charge in [0.15, 0.2) is 0 Å². The zero-order valence-electron chi connectivity index (χ0n) is 10.3. The van der Waals surface area contributed by atoms with E-state index in [1.807, 2.05) is 6.92 Å². The summed E-state index contributed by atoms with van der Waals surface area (Å²) in [5, 5.41) is 11.9. The van der Waals surface area contributed by atoms with E-state index in [0.29, 0.717) is 13.1 Å². The van der Waals surface area contributed by atoms with Crippen LogP contribution in [0.5, 0.6) is 0 Å². The summed E-state index contributed by atoms with van der Waals surface area (Å²) in [7, 11) is 0. The number of likely N-dealkylation sites (tertiary alicyclic amines) is 1. The summed E-state index contributed by atoms with van der Waals surface area (Å²) < 4.78 is 0. The molecule has 0 aromatic heterocycles. The summed E-state index contributed by atoms with van der Waals surface area (Å²) >= 11 is 0. The van der Waals surface area contributed by atoms with Crippen molar-refractivity contribution >= 4 is 11.9 Å². The van der Waals surface area contributed by atoms with E-state index in [0.717, 1.165) is 6.42 Å². The van der Waals surface area contributed by atoms with Gasteiger partial charge in [0.2, 0.25) is 5.91 Å². The summed E-state index contributed by atoms with van der Waals surface area (Å²) in [6.07, 6.45) is 2.42. The minimum Gasteiger partial charge on any atom is -0.480 e. The molecule has 0 radical (unpaired) electrons. The molecule has 1 rings (SSSR count). The quantitative estimate of drug-likeness (QED) is 0.685. The van der Waals surface area contributed by atoms with Gasteiger partial charge >= 0.3 is 5.97 Å². The molecule has 3 atom stereocenters. The van der Waals surface area contributed by atoms with E-state index in [9.17, 15) is 14.7 Å². The van der Waals surface area contributed by atoms with Crippen LogP contribution in [0.2, 0.25) is 0 Å². The minimum atomic E-state index is -0.849. The normalized spacial score (nSPS) is 26.5. The van der Waals surface area contributed by atoms with Crippen molar-refractivity contribution in [1.82, 2.24) is 10.2 Å². The Bertz CT molecular complexity index is 317.